The fourth-order valence-electron chi connectivity index (χ4n) is 3.35. The highest BCUT2D eigenvalue weighted by Gasteiger charge is 2.26. The van der Waals surface area contributed by atoms with Gasteiger partial charge in [0.25, 0.3) is 11.5 Å². The largest absolute Gasteiger partial charge is 0.353 e. The Bertz CT molecular complexity index is 1050. The number of nitrogens with one attached hydrogen (secondary N) is 1. The second-order valence-corrected chi connectivity index (χ2v) is 6.73. The molecule has 0 spiro atoms. The van der Waals surface area contributed by atoms with Crippen molar-refractivity contribution in [1.82, 2.24) is 29.6 Å². The maximum absolute atomic E-state index is 13.0. The van der Waals surface area contributed by atoms with E-state index in [0.717, 1.165) is 18.9 Å². The highest BCUT2D eigenvalue weighted by Crippen LogP contribution is 2.17. The summed E-state index contributed by atoms with van der Waals surface area (Å²) in [7, 11) is 0. The van der Waals surface area contributed by atoms with Crippen LogP contribution in [0.1, 0.15) is 21.7 Å². The average molecular weight is 379 g/mol. The van der Waals surface area contributed by atoms with E-state index in [-0.39, 0.29) is 11.5 Å². The van der Waals surface area contributed by atoms with Gasteiger partial charge in [0, 0.05) is 44.1 Å². The van der Waals surface area contributed by atoms with Gasteiger partial charge in [-0.3, -0.25) is 14.6 Å². The summed E-state index contributed by atoms with van der Waals surface area (Å²) < 4.78 is 1.49. The van der Waals surface area contributed by atoms with Crippen molar-refractivity contribution < 1.29 is 4.79 Å². The molecule has 0 aliphatic carbocycles. The molecule has 0 unspecified atom stereocenters. The van der Waals surface area contributed by atoms with Crippen LogP contribution in [-0.2, 0) is 0 Å². The van der Waals surface area contributed by atoms with Crippen molar-refractivity contribution in [2.24, 2.45) is 0 Å². The van der Waals surface area contributed by atoms with E-state index in [4.69, 9.17) is 0 Å². The summed E-state index contributed by atoms with van der Waals surface area (Å²) in [6.45, 7) is 6.21. The molecule has 3 aromatic heterocycles. The number of rotatable bonds is 3. The highest BCUT2D eigenvalue weighted by molar-refractivity contribution is 5.95. The van der Waals surface area contributed by atoms with E-state index in [1.54, 1.807) is 20.0 Å². The molecule has 144 valence electrons. The van der Waals surface area contributed by atoms with Gasteiger partial charge in [0.1, 0.15) is 5.82 Å². The summed E-state index contributed by atoms with van der Waals surface area (Å²) in [5.74, 6) is 1.16. The molecule has 1 aliphatic heterocycles. The van der Waals surface area contributed by atoms with E-state index in [1.165, 1.54) is 16.9 Å². The molecular weight excluding hydrogens is 358 g/mol. The minimum absolute atomic E-state index is 0.0700. The van der Waals surface area contributed by atoms with Gasteiger partial charge in [-0.05, 0) is 26.0 Å². The van der Waals surface area contributed by atoms with Gasteiger partial charge in [0.05, 0.1) is 17.5 Å². The molecule has 9 nitrogen and oxygen atoms in total. The van der Waals surface area contributed by atoms with Crippen LogP contribution in [0.4, 0.5) is 5.82 Å². The molecule has 0 aromatic carbocycles. The molecule has 0 radical (unpaired) electrons. The third-order valence-electron chi connectivity index (χ3n) is 4.84. The van der Waals surface area contributed by atoms with Crippen LogP contribution in [-0.4, -0.2) is 61.7 Å². The lowest BCUT2D eigenvalue weighted by Gasteiger charge is -2.35. The number of anilines is 1. The monoisotopic (exact) mass is 379 g/mol. The maximum Gasteiger partial charge on any atom is 0.257 e. The SMILES string of the molecule is Cc1cc(=O)[nH]c(-n2ncc(C(=O)N3CCN(c4ccccn4)CC3)c2C)n1. The minimum Gasteiger partial charge on any atom is -0.353 e. The third-order valence-corrected chi connectivity index (χ3v) is 4.84. The van der Waals surface area contributed by atoms with Gasteiger partial charge in [-0.1, -0.05) is 6.07 Å². The summed E-state index contributed by atoms with van der Waals surface area (Å²) in [6, 6.07) is 7.23. The Morgan fingerprint density at radius 3 is 2.61 bits per heavy atom. The molecule has 1 aliphatic rings. The van der Waals surface area contributed by atoms with Crippen molar-refractivity contribution in [3.8, 4) is 5.95 Å². The summed E-state index contributed by atoms with van der Waals surface area (Å²) in [5, 5.41) is 4.26. The van der Waals surface area contributed by atoms with Gasteiger partial charge in [-0.25, -0.2) is 14.6 Å². The van der Waals surface area contributed by atoms with Crippen molar-refractivity contribution >= 4 is 11.7 Å². The number of carbonyl (C=O) groups is 1. The molecule has 9 heteroatoms. The van der Waals surface area contributed by atoms with Crippen LogP contribution in [0.15, 0.2) is 41.5 Å². The Labute approximate surface area is 161 Å². The number of aromatic amines is 1. The Hall–Kier alpha value is -3.49. The van der Waals surface area contributed by atoms with Gasteiger partial charge in [0.2, 0.25) is 5.95 Å². The quantitative estimate of drug-likeness (QED) is 0.727. The maximum atomic E-state index is 13.0. The van der Waals surface area contributed by atoms with Gasteiger partial charge < -0.3 is 9.80 Å². The van der Waals surface area contributed by atoms with Crippen LogP contribution < -0.4 is 10.5 Å². The molecule has 0 bridgehead atoms. The van der Waals surface area contributed by atoms with Gasteiger partial charge in [-0.15, -0.1) is 0 Å². The highest BCUT2D eigenvalue weighted by atomic mass is 16.2. The van der Waals surface area contributed by atoms with Crippen LogP contribution in [0.2, 0.25) is 0 Å². The normalized spacial score (nSPS) is 14.4. The van der Waals surface area contributed by atoms with Crippen molar-refractivity contribution in [1.29, 1.82) is 0 Å². The molecule has 4 heterocycles. The van der Waals surface area contributed by atoms with Crippen LogP contribution in [0, 0.1) is 13.8 Å². The summed E-state index contributed by atoms with van der Waals surface area (Å²) in [5.41, 5.74) is 1.49. The number of aromatic nitrogens is 5. The molecule has 4 rings (SSSR count). The van der Waals surface area contributed by atoms with Crippen LogP contribution in [0.3, 0.4) is 0 Å². The van der Waals surface area contributed by atoms with Crippen LogP contribution >= 0.6 is 0 Å². The number of amides is 1. The molecule has 1 amide bonds. The molecule has 3 aromatic rings. The van der Waals surface area contributed by atoms with E-state index in [2.05, 4.69) is 25.0 Å². The first-order chi connectivity index (χ1) is 13.5. The van der Waals surface area contributed by atoms with E-state index >= 15 is 0 Å². The van der Waals surface area contributed by atoms with Crippen molar-refractivity contribution in [2.75, 3.05) is 31.1 Å². The molecule has 0 saturated carbocycles. The molecular formula is C19H21N7O2. The lowest BCUT2D eigenvalue weighted by Crippen LogP contribution is -2.49. The summed E-state index contributed by atoms with van der Waals surface area (Å²) in [4.78, 5) is 40.0. The molecule has 1 saturated heterocycles. The molecule has 28 heavy (non-hydrogen) atoms. The van der Waals surface area contributed by atoms with Crippen molar-refractivity contribution in [2.45, 2.75) is 13.8 Å². The van der Waals surface area contributed by atoms with E-state index < -0.39 is 0 Å². The fourth-order valence-corrected chi connectivity index (χ4v) is 3.35. The first-order valence-electron chi connectivity index (χ1n) is 9.11. The van der Waals surface area contributed by atoms with Gasteiger partial charge in [-0.2, -0.15) is 5.10 Å². The number of pyridine rings is 1. The zero-order valence-corrected chi connectivity index (χ0v) is 15.8. The Morgan fingerprint density at radius 1 is 1.14 bits per heavy atom. The Kier molecular flexibility index (Phi) is 4.64. The zero-order valence-electron chi connectivity index (χ0n) is 15.8. The van der Waals surface area contributed by atoms with Gasteiger partial charge in [0.15, 0.2) is 0 Å². The zero-order chi connectivity index (χ0) is 19.7. The van der Waals surface area contributed by atoms with Crippen molar-refractivity contribution in [3.63, 3.8) is 0 Å². The topological polar surface area (TPSA) is 100 Å². The number of piperazine rings is 1. The smallest absolute Gasteiger partial charge is 0.257 e. The number of hydrogen-bond donors (Lipinski definition) is 1. The first kappa shape index (κ1) is 17.9. The summed E-state index contributed by atoms with van der Waals surface area (Å²) >= 11 is 0. The Balaban J connectivity index is 1.50. The van der Waals surface area contributed by atoms with E-state index in [1.807, 2.05) is 23.1 Å². The lowest BCUT2D eigenvalue weighted by atomic mass is 10.2. The second kappa shape index (κ2) is 7.26. The van der Waals surface area contributed by atoms with Crippen LogP contribution in [0.25, 0.3) is 5.95 Å². The standard InChI is InChI=1S/C19H21N7O2/c1-13-11-17(27)23-19(22-13)26-14(2)15(12-21-26)18(28)25-9-7-24(8-10-25)16-5-3-4-6-20-16/h3-6,11-12H,7-10H2,1-2H3,(H,22,23,27). The number of hydrogen-bond acceptors (Lipinski definition) is 6. The number of nitrogens with zero attached hydrogens (tertiary/aromatic N) is 6. The average Bonchev–Trinajstić information content (AvgIpc) is 3.09. The molecule has 1 fully saturated rings. The Morgan fingerprint density at radius 2 is 1.93 bits per heavy atom. The lowest BCUT2D eigenvalue weighted by molar-refractivity contribution is 0.0745. The molecule has 0 atom stereocenters. The summed E-state index contributed by atoms with van der Waals surface area (Å²) in [6.07, 6.45) is 3.30. The minimum atomic E-state index is -0.254. The predicted octanol–water partition coefficient (Wildman–Crippen LogP) is 0.930. The number of aryl methyl sites for hydroxylation is 1. The van der Waals surface area contributed by atoms with Crippen molar-refractivity contribution in [3.05, 3.63) is 64.0 Å². The molecule has 1 N–H and O–H groups in total. The number of carbonyl (C=O) groups excluding carboxylic acids is 1. The number of H-pyrrole nitrogens is 1. The van der Waals surface area contributed by atoms with Gasteiger partial charge >= 0.3 is 0 Å². The van der Waals surface area contributed by atoms with E-state index in [9.17, 15) is 9.59 Å². The van der Waals surface area contributed by atoms with E-state index in [0.29, 0.717) is 36.0 Å². The second-order valence-electron chi connectivity index (χ2n) is 6.73. The van der Waals surface area contributed by atoms with Crippen LogP contribution in [0.5, 0.6) is 0 Å². The fraction of sp³-hybridized carbons (Fsp3) is 0.316. The third kappa shape index (κ3) is 3.38. The predicted molar refractivity (Wildman–Crippen MR) is 104 cm³/mol. The first-order valence-corrected chi connectivity index (χ1v) is 9.11.